The van der Waals surface area contributed by atoms with E-state index in [2.05, 4.69) is 62.3 Å². The van der Waals surface area contributed by atoms with Crippen molar-refractivity contribution in [2.75, 3.05) is 0 Å². The van der Waals surface area contributed by atoms with Crippen molar-refractivity contribution in [1.82, 2.24) is 4.98 Å². The molecule has 0 aliphatic carbocycles. The molecule has 2 rings (SSSR count). The zero-order valence-electron chi connectivity index (χ0n) is 19.7. The van der Waals surface area contributed by atoms with E-state index in [1.54, 1.807) is 0 Å². The number of nitrogens with zero attached hydrogens (tertiary/aromatic N) is 2. The van der Waals surface area contributed by atoms with Gasteiger partial charge in [-0.15, -0.1) is 6.42 Å². The second kappa shape index (κ2) is 14.4. The fourth-order valence-corrected chi connectivity index (χ4v) is 2.40. The van der Waals surface area contributed by atoms with Crippen LogP contribution in [0.3, 0.4) is 0 Å². The molecule has 2 nitrogen and oxygen atoms in total. The molecule has 0 amide bonds. The number of aliphatic imine (C=N–C) groups is 1. The van der Waals surface area contributed by atoms with Gasteiger partial charge in [-0.1, -0.05) is 58.2 Å². The van der Waals surface area contributed by atoms with Crippen LogP contribution >= 0.6 is 0 Å². The van der Waals surface area contributed by atoms with Gasteiger partial charge in [0.05, 0.1) is 0 Å². The largest absolute Gasteiger partial charge is 0.238 e. The van der Waals surface area contributed by atoms with E-state index in [4.69, 9.17) is 6.42 Å². The van der Waals surface area contributed by atoms with Crippen molar-refractivity contribution in [1.29, 1.82) is 0 Å². The quantitative estimate of drug-likeness (QED) is 0.385. The van der Waals surface area contributed by atoms with Gasteiger partial charge in [-0.2, -0.15) is 0 Å². The fraction of sp³-hybridized carbons (Fsp3) is 0.407. The first-order valence-corrected chi connectivity index (χ1v) is 10.4. The zero-order chi connectivity index (χ0) is 22.4. The Bertz CT molecular complexity index is 845. The third-order valence-corrected chi connectivity index (χ3v) is 4.28. The lowest BCUT2D eigenvalue weighted by Crippen LogP contribution is -1.89. The maximum Gasteiger partial charge on any atom is 0.159 e. The molecule has 0 saturated heterocycles. The Morgan fingerprint density at radius 2 is 1.72 bits per heavy atom. The van der Waals surface area contributed by atoms with Crippen LogP contribution in [-0.4, -0.2) is 10.7 Å². The standard InChI is InChI=1S/C12H16N2.C11H12.C4H10/c1-8(2)11-6-10(5)7-13-12(11)14-9(3)4;1-4-10-7-6-8-11(5-2)9(10)3;1-3-4-2/h6-7H,1H2,2-5H3;1,6-8H,5H2,2-3H3;3-4H2,1-2H3. The predicted molar refractivity (Wildman–Crippen MR) is 131 cm³/mol. The lowest BCUT2D eigenvalue weighted by Gasteiger charge is -2.05. The minimum atomic E-state index is 0.767. The number of pyridine rings is 1. The number of aryl methyl sites for hydroxylation is 2. The third kappa shape index (κ3) is 9.90. The molecule has 1 aromatic carbocycles. The molecule has 2 heteroatoms. The zero-order valence-corrected chi connectivity index (χ0v) is 19.7. The molecular formula is C27H38N2. The van der Waals surface area contributed by atoms with Crippen LogP contribution in [0.15, 0.2) is 42.0 Å². The van der Waals surface area contributed by atoms with Gasteiger partial charge in [-0.25, -0.2) is 9.98 Å². The Balaban J connectivity index is 0.000000466. The first kappa shape index (κ1) is 26.3. The highest BCUT2D eigenvalue weighted by Gasteiger charge is 2.03. The molecule has 0 unspecified atom stereocenters. The third-order valence-electron chi connectivity index (χ3n) is 4.28. The van der Waals surface area contributed by atoms with Gasteiger partial charge in [-0.3, -0.25) is 0 Å². The number of allylic oxidation sites excluding steroid dienone is 1. The van der Waals surface area contributed by atoms with Crippen LogP contribution in [0.4, 0.5) is 5.82 Å². The molecule has 0 radical (unpaired) electrons. The molecule has 1 aromatic heterocycles. The van der Waals surface area contributed by atoms with E-state index < -0.39 is 0 Å². The summed E-state index contributed by atoms with van der Waals surface area (Å²) in [4.78, 5) is 8.66. The Hall–Kier alpha value is -2.66. The van der Waals surface area contributed by atoms with E-state index in [1.807, 2.05) is 46.0 Å². The van der Waals surface area contributed by atoms with E-state index in [0.717, 1.165) is 40.2 Å². The van der Waals surface area contributed by atoms with E-state index in [1.165, 1.54) is 24.0 Å². The second-order valence-corrected chi connectivity index (χ2v) is 7.31. The Morgan fingerprint density at radius 1 is 1.10 bits per heavy atom. The molecule has 0 aliphatic rings. The van der Waals surface area contributed by atoms with Crippen LogP contribution in [0.1, 0.15) is 82.2 Å². The number of hydrogen-bond donors (Lipinski definition) is 0. The summed E-state index contributed by atoms with van der Waals surface area (Å²) < 4.78 is 0. The Morgan fingerprint density at radius 3 is 2.17 bits per heavy atom. The number of benzene rings is 1. The molecule has 0 saturated carbocycles. The van der Waals surface area contributed by atoms with Gasteiger partial charge in [0, 0.05) is 23.0 Å². The smallest absolute Gasteiger partial charge is 0.159 e. The topological polar surface area (TPSA) is 25.2 Å². The maximum atomic E-state index is 5.32. The number of terminal acetylenes is 1. The summed E-state index contributed by atoms with van der Waals surface area (Å²) in [7, 11) is 0. The highest BCUT2D eigenvalue weighted by atomic mass is 14.9. The monoisotopic (exact) mass is 390 g/mol. The van der Waals surface area contributed by atoms with Crippen molar-refractivity contribution in [3.63, 3.8) is 0 Å². The van der Waals surface area contributed by atoms with Crippen molar-refractivity contribution < 1.29 is 0 Å². The normalized spacial score (nSPS) is 9.21. The van der Waals surface area contributed by atoms with Crippen LogP contribution < -0.4 is 0 Å². The van der Waals surface area contributed by atoms with Crippen LogP contribution in [0, 0.1) is 26.2 Å². The summed E-state index contributed by atoms with van der Waals surface area (Å²) in [5.41, 5.74) is 7.79. The molecule has 0 spiro atoms. The highest BCUT2D eigenvalue weighted by Crippen LogP contribution is 2.23. The van der Waals surface area contributed by atoms with Crippen LogP contribution in [0.25, 0.3) is 5.57 Å². The molecule has 156 valence electrons. The molecular weight excluding hydrogens is 352 g/mol. The van der Waals surface area contributed by atoms with E-state index in [9.17, 15) is 0 Å². The van der Waals surface area contributed by atoms with Crippen molar-refractivity contribution >= 4 is 17.1 Å². The highest BCUT2D eigenvalue weighted by molar-refractivity contribution is 5.83. The van der Waals surface area contributed by atoms with E-state index in [0.29, 0.717) is 0 Å². The molecule has 0 N–H and O–H groups in total. The van der Waals surface area contributed by atoms with Gasteiger partial charge < -0.3 is 0 Å². The van der Waals surface area contributed by atoms with Gasteiger partial charge in [0.2, 0.25) is 0 Å². The number of hydrogen-bond acceptors (Lipinski definition) is 2. The molecule has 2 aromatic rings. The average Bonchev–Trinajstić information content (AvgIpc) is 2.69. The molecule has 0 bridgehead atoms. The van der Waals surface area contributed by atoms with Gasteiger partial charge in [0.1, 0.15) is 0 Å². The van der Waals surface area contributed by atoms with Gasteiger partial charge in [0.15, 0.2) is 5.82 Å². The fourth-order valence-electron chi connectivity index (χ4n) is 2.40. The number of rotatable bonds is 4. The first-order chi connectivity index (χ1) is 13.7. The molecule has 0 aliphatic heterocycles. The summed E-state index contributed by atoms with van der Waals surface area (Å²) in [6.45, 7) is 20.4. The maximum absolute atomic E-state index is 5.32. The Labute approximate surface area is 179 Å². The van der Waals surface area contributed by atoms with E-state index >= 15 is 0 Å². The molecule has 0 atom stereocenters. The number of unbranched alkanes of at least 4 members (excludes halogenated alkanes) is 1. The van der Waals surface area contributed by atoms with Crippen molar-refractivity contribution in [2.45, 2.75) is 74.7 Å². The SMILES string of the molecule is C#Cc1cccc(CC)c1C.C=C(C)c1cc(C)cnc1N=C(C)C.CCCC. The molecule has 1 heterocycles. The lowest BCUT2D eigenvalue weighted by atomic mass is 10.0. The van der Waals surface area contributed by atoms with Crippen LogP contribution in [0.2, 0.25) is 0 Å². The summed E-state index contributed by atoms with van der Waals surface area (Å²) in [5.74, 6) is 3.44. The first-order valence-electron chi connectivity index (χ1n) is 10.4. The lowest BCUT2D eigenvalue weighted by molar-refractivity contribution is 0.886. The summed E-state index contributed by atoms with van der Waals surface area (Å²) in [6, 6.07) is 8.18. The van der Waals surface area contributed by atoms with Crippen molar-refractivity contribution in [2.24, 2.45) is 4.99 Å². The number of aromatic nitrogens is 1. The summed E-state index contributed by atoms with van der Waals surface area (Å²) in [6.07, 6.45) is 10.8. The minimum absolute atomic E-state index is 0.767. The minimum Gasteiger partial charge on any atom is -0.238 e. The van der Waals surface area contributed by atoms with Crippen LogP contribution in [-0.2, 0) is 6.42 Å². The second-order valence-electron chi connectivity index (χ2n) is 7.31. The van der Waals surface area contributed by atoms with Crippen molar-refractivity contribution in [3.8, 4) is 12.3 Å². The summed E-state index contributed by atoms with van der Waals surface area (Å²) >= 11 is 0. The summed E-state index contributed by atoms with van der Waals surface area (Å²) in [5, 5.41) is 0. The molecule has 29 heavy (non-hydrogen) atoms. The van der Waals surface area contributed by atoms with Gasteiger partial charge in [0.25, 0.3) is 0 Å². The van der Waals surface area contributed by atoms with Gasteiger partial charge in [-0.05, 0) is 75.4 Å². The van der Waals surface area contributed by atoms with Gasteiger partial charge >= 0.3 is 0 Å². The van der Waals surface area contributed by atoms with E-state index in [-0.39, 0.29) is 0 Å². The average molecular weight is 391 g/mol. The Kier molecular flexibility index (Phi) is 13.0. The predicted octanol–water partition coefficient (Wildman–Crippen LogP) is 7.88. The molecule has 0 fully saturated rings. The van der Waals surface area contributed by atoms with Crippen molar-refractivity contribution in [3.05, 3.63) is 64.9 Å². The van der Waals surface area contributed by atoms with Crippen LogP contribution in [0.5, 0.6) is 0 Å².